The molecule has 0 saturated carbocycles. The van der Waals surface area contributed by atoms with Crippen LogP contribution in [0.25, 0.3) is 38.0 Å². The van der Waals surface area contributed by atoms with E-state index in [9.17, 15) is 4.39 Å². The van der Waals surface area contributed by atoms with E-state index in [0.29, 0.717) is 16.6 Å². The van der Waals surface area contributed by atoms with Crippen molar-refractivity contribution in [3.63, 3.8) is 0 Å². The standard InChI is InChI=1S/C20H14FN2O/c1-12-8-14-15-9-16(21)17(22-2)11-20(15)24-19(14)10-13(12)18-6-4-5-7-23(18)3/h4-11H,1,3H3/q+1. The van der Waals surface area contributed by atoms with Gasteiger partial charge in [0.25, 0.3) is 0 Å². The number of aryl methyl sites for hydroxylation is 2. The molecule has 3 nitrogen and oxygen atoms in total. The Morgan fingerprint density at radius 3 is 2.58 bits per heavy atom. The zero-order valence-electron chi connectivity index (χ0n) is 13.3. The molecule has 0 N–H and O–H groups in total. The van der Waals surface area contributed by atoms with Gasteiger partial charge < -0.3 is 4.42 Å². The van der Waals surface area contributed by atoms with Gasteiger partial charge in [-0.3, -0.25) is 0 Å². The lowest BCUT2D eigenvalue weighted by Gasteiger charge is -2.04. The summed E-state index contributed by atoms with van der Waals surface area (Å²) in [4.78, 5) is 3.20. The number of hydrogen-bond donors (Lipinski definition) is 0. The fourth-order valence-corrected chi connectivity index (χ4v) is 3.10. The predicted molar refractivity (Wildman–Crippen MR) is 91.3 cm³/mol. The summed E-state index contributed by atoms with van der Waals surface area (Å²) in [5.41, 5.74) is 4.43. The van der Waals surface area contributed by atoms with Crippen molar-refractivity contribution in [2.24, 2.45) is 7.05 Å². The monoisotopic (exact) mass is 317 g/mol. The Morgan fingerprint density at radius 2 is 1.83 bits per heavy atom. The lowest BCUT2D eigenvalue weighted by atomic mass is 10.0. The molecule has 0 aliphatic carbocycles. The Balaban J connectivity index is 2.04. The Hall–Kier alpha value is -3.19. The zero-order chi connectivity index (χ0) is 16.8. The van der Waals surface area contributed by atoms with Crippen LogP contribution in [0.5, 0.6) is 0 Å². The van der Waals surface area contributed by atoms with E-state index in [0.717, 1.165) is 22.2 Å². The first-order valence-electron chi connectivity index (χ1n) is 7.57. The number of pyridine rings is 1. The molecule has 4 heteroatoms. The van der Waals surface area contributed by atoms with E-state index >= 15 is 0 Å². The van der Waals surface area contributed by atoms with Gasteiger partial charge in [0.1, 0.15) is 24.0 Å². The second kappa shape index (κ2) is 5.17. The van der Waals surface area contributed by atoms with E-state index in [1.807, 2.05) is 55.1 Å². The maximum absolute atomic E-state index is 14.0. The van der Waals surface area contributed by atoms with Gasteiger partial charge in [-0.1, -0.05) is 0 Å². The molecule has 2 heterocycles. The van der Waals surface area contributed by atoms with Gasteiger partial charge in [0.05, 0.1) is 12.1 Å². The molecule has 0 atom stereocenters. The van der Waals surface area contributed by atoms with Gasteiger partial charge in [0.15, 0.2) is 6.20 Å². The Kier molecular flexibility index (Phi) is 3.10. The highest BCUT2D eigenvalue weighted by molar-refractivity contribution is 6.07. The van der Waals surface area contributed by atoms with Crippen molar-refractivity contribution in [1.29, 1.82) is 0 Å². The summed E-state index contributed by atoms with van der Waals surface area (Å²) in [5, 5.41) is 1.56. The van der Waals surface area contributed by atoms with Crippen LogP contribution in [0.4, 0.5) is 10.1 Å². The number of benzene rings is 2. The molecule has 0 aliphatic heterocycles. The average Bonchev–Trinajstić information content (AvgIpc) is 2.90. The first-order valence-corrected chi connectivity index (χ1v) is 7.57. The van der Waals surface area contributed by atoms with E-state index in [-0.39, 0.29) is 5.69 Å². The van der Waals surface area contributed by atoms with Crippen molar-refractivity contribution >= 4 is 27.6 Å². The minimum atomic E-state index is -0.517. The van der Waals surface area contributed by atoms with Gasteiger partial charge in [-0.15, -0.1) is 0 Å². The quantitative estimate of drug-likeness (QED) is 0.354. The van der Waals surface area contributed by atoms with E-state index in [4.69, 9.17) is 11.0 Å². The number of nitrogens with zero attached hydrogens (tertiary/aromatic N) is 2. The molecule has 0 radical (unpaired) electrons. The Bertz CT molecular complexity index is 1150. The summed E-state index contributed by atoms with van der Waals surface area (Å²) in [6, 6.07) is 12.9. The highest BCUT2D eigenvalue weighted by Gasteiger charge is 2.17. The van der Waals surface area contributed by atoms with Crippen LogP contribution < -0.4 is 4.57 Å². The first-order chi connectivity index (χ1) is 11.6. The van der Waals surface area contributed by atoms with Crippen molar-refractivity contribution in [2.45, 2.75) is 6.92 Å². The van der Waals surface area contributed by atoms with Gasteiger partial charge in [-0.05, 0) is 42.8 Å². The summed E-state index contributed by atoms with van der Waals surface area (Å²) in [7, 11) is 2.00. The number of furan rings is 1. The number of aromatic nitrogens is 1. The molecular formula is C20H14FN2O+. The topological polar surface area (TPSA) is 21.4 Å². The fraction of sp³-hybridized carbons (Fsp3) is 0.100. The smallest absolute Gasteiger partial charge is 0.225 e. The van der Waals surface area contributed by atoms with Gasteiger partial charge >= 0.3 is 0 Å². The Labute approximate surface area is 138 Å². The largest absolute Gasteiger partial charge is 0.457 e. The second-order valence-electron chi connectivity index (χ2n) is 5.87. The maximum atomic E-state index is 14.0. The van der Waals surface area contributed by atoms with E-state index in [1.165, 1.54) is 12.1 Å². The first kappa shape index (κ1) is 14.4. The van der Waals surface area contributed by atoms with Crippen molar-refractivity contribution in [3.8, 4) is 11.3 Å². The van der Waals surface area contributed by atoms with Crippen LogP contribution in [0.1, 0.15) is 5.56 Å². The highest BCUT2D eigenvalue weighted by atomic mass is 19.1. The summed E-state index contributed by atoms with van der Waals surface area (Å²) >= 11 is 0. The molecule has 0 amide bonds. The molecule has 2 aromatic heterocycles. The van der Waals surface area contributed by atoms with Crippen molar-refractivity contribution in [3.05, 3.63) is 71.5 Å². The van der Waals surface area contributed by atoms with Gasteiger partial charge in [0.2, 0.25) is 11.4 Å². The van der Waals surface area contributed by atoms with Crippen molar-refractivity contribution < 1.29 is 13.4 Å². The SMILES string of the molecule is [C-]#[N+]c1cc2oc3cc(-c4cccc[n+]4C)c(C)cc3c2cc1F. The minimum Gasteiger partial charge on any atom is -0.457 e. The number of fused-ring (bicyclic) bond motifs is 3. The minimum absolute atomic E-state index is 0.0204. The van der Waals surface area contributed by atoms with Gasteiger partial charge in [-0.2, -0.15) is 0 Å². The lowest BCUT2D eigenvalue weighted by Crippen LogP contribution is -2.30. The fourth-order valence-electron chi connectivity index (χ4n) is 3.10. The van der Waals surface area contributed by atoms with Gasteiger partial charge in [-0.25, -0.2) is 13.8 Å². The van der Waals surface area contributed by atoms with Crippen LogP contribution in [-0.2, 0) is 7.05 Å². The molecule has 0 aliphatic rings. The van der Waals surface area contributed by atoms with E-state index < -0.39 is 5.82 Å². The third kappa shape index (κ3) is 2.06. The second-order valence-corrected chi connectivity index (χ2v) is 5.87. The molecular weight excluding hydrogens is 303 g/mol. The number of hydrogen-bond acceptors (Lipinski definition) is 1. The van der Waals surface area contributed by atoms with Crippen LogP contribution in [0.15, 0.2) is 53.1 Å². The molecule has 0 saturated heterocycles. The molecule has 2 aromatic carbocycles. The normalized spacial score (nSPS) is 11.1. The van der Waals surface area contributed by atoms with Crippen LogP contribution in [0, 0.1) is 19.3 Å². The van der Waals surface area contributed by atoms with Crippen LogP contribution >= 0.6 is 0 Å². The van der Waals surface area contributed by atoms with E-state index in [2.05, 4.69) is 4.85 Å². The maximum Gasteiger partial charge on any atom is 0.225 e. The Morgan fingerprint density at radius 1 is 1.08 bits per heavy atom. The zero-order valence-corrected chi connectivity index (χ0v) is 13.3. The van der Waals surface area contributed by atoms with Crippen molar-refractivity contribution in [2.75, 3.05) is 0 Å². The molecule has 0 bridgehead atoms. The summed E-state index contributed by atoms with van der Waals surface area (Å²) in [6.07, 6.45) is 2.00. The van der Waals surface area contributed by atoms with Gasteiger partial charge in [0, 0.05) is 22.9 Å². The lowest BCUT2D eigenvalue weighted by molar-refractivity contribution is -0.660. The summed E-state index contributed by atoms with van der Waals surface area (Å²) in [5.74, 6) is -0.517. The molecule has 0 unspecified atom stereocenters. The third-order valence-corrected chi connectivity index (χ3v) is 4.34. The molecule has 0 spiro atoms. The molecule has 4 rings (SSSR count). The highest BCUT2D eigenvalue weighted by Crippen LogP contribution is 2.36. The predicted octanol–water partition coefficient (Wildman–Crippen LogP) is 5.08. The number of halogens is 1. The number of rotatable bonds is 1. The average molecular weight is 317 g/mol. The third-order valence-electron chi connectivity index (χ3n) is 4.34. The molecule has 4 aromatic rings. The van der Waals surface area contributed by atoms with E-state index in [1.54, 1.807) is 0 Å². The van der Waals surface area contributed by atoms with Crippen molar-refractivity contribution in [1.82, 2.24) is 0 Å². The van der Waals surface area contributed by atoms with Crippen LogP contribution in [0.3, 0.4) is 0 Å². The molecule has 24 heavy (non-hydrogen) atoms. The summed E-state index contributed by atoms with van der Waals surface area (Å²) in [6.45, 7) is 9.07. The summed E-state index contributed by atoms with van der Waals surface area (Å²) < 4.78 is 21.9. The molecule has 116 valence electrons. The molecule has 0 fully saturated rings. The van der Waals surface area contributed by atoms with Crippen LogP contribution in [0.2, 0.25) is 0 Å². The van der Waals surface area contributed by atoms with Crippen LogP contribution in [-0.4, -0.2) is 0 Å².